The van der Waals surface area contributed by atoms with Crippen molar-refractivity contribution in [1.82, 2.24) is 24.2 Å². The first-order valence-electron chi connectivity index (χ1n) is 11.9. The molecule has 9 heteroatoms. The number of amides is 1. The minimum Gasteiger partial charge on any atom is -0.495 e. The van der Waals surface area contributed by atoms with E-state index in [-0.39, 0.29) is 0 Å². The highest BCUT2D eigenvalue weighted by atomic mass is 16.5. The Morgan fingerprint density at radius 3 is 2.74 bits per heavy atom. The molecule has 5 rings (SSSR count). The second-order valence-corrected chi connectivity index (χ2v) is 9.40. The Hall–Kier alpha value is -3.17. The molecule has 1 aliphatic heterocycles. The van der Waals surface area contributed by atoms with Gasteiger partial charge in [-0.25, -0.2) is 9.78 Å². The van der Waals surface area contributed by atoms with Crippen molar-refractivity contribution < 1.29 is 14.6 Å². The number of likely N-dealkylation sites (N-methyl/N-ethyl adjacent to an activating group) is 1. The van der Waals surface area contributed by atoms with Gasteiger partial charge in [-0.2, -0.15) is 0 Å². The molecule has 9 nitrogen and oxygen atoms in total. The van der Waals surface area contributed by atoms with Crippen LogP contribution in [0.1, 0.15) is 36.7 Å². The number of imidazole rings is 1. The molecule has 1 saturated carbocycles. The van der Waals surface area contributed by atoms with Gasteiger partial charge in [0.1, 0.15) is 11.6 Å². The van der Waals surface area contributed by atoms with Gasteiger partial charge in [0, 0.05) is 56.1 Å². The number of nitrogens with one attached hydrogen (secondary N) is 1. The maximum Gasteiger partial charge on any atom is 0.409 e. The van der Waals surface area contributed by atoms with E-state index in [0.717, 1.165) is 67.3 Å². The Balaban J connectivity index is 1.49. The standard InChI is InChI=1S/C25H32N6O3/c1-16-23-22(17-5-7-20(27-25(32)33)21(15-17)34-3)28-24(31(23)9-8-26-16)18-4-6-19(14-18)30-12-10-29(2)11-13-30/h5,7-9,15,18-19,27H,4,6,10-14H2,1-3H3,(H,32,33). The fourth-order valence-electron chi connectivity index (χ4n) is 5.48. The molecule has 2 N–H and O–H groups in total. The van der Waals surface area contributed by atoms with E-state index < -0.39 is 6.09 Å². The molecular weight excluding hydrogens is 432 g/mol. The molecule has 0 spiro atoms. The first-order chi connectivity index (χ1) is 16.4. The van der Waals surface area contributed by atoms with Crippen LogP contribution in [0.4, 0.5) is 10.5 Å². The summed E-state index contributed by atoms with van der Waals surface area (Å²) in [4.78, 5) is 25.9. The topological polar surface area (TPSA) is 95.2 Å². The van der Waals surface area contributed by atoms with E-state index in [1.165, 1.54) is 13.5 Å². The second kappa shape index (κ2) is 9.23. The minimum absolute atomic E-state index is 0.391. The number of ether oxygens (including phenoxy) is 1. The summed E-state index contributed by atoms with van der Waals surface area (Å²) >= 11 is 0. The van der Waals surface area contributed by atoms with Gasteiger partial charge in [0.05, 0.1) is 29.7 Å². The molecule has 2 unspecified atom stereocenters. The molecule has 0 radical (unpaired) electrons. The Morgan fingerprint density at radius 2 is 2.00 bits per heavy atom. The number of carboxylic acid groups (broad SMARTS) is 1. The van der Waals surface area contributed by atoms with Gasteiger partial charge < -0.3 is 14.7 Å². The fraction of sp³-hybridized carbons (Fsp3) is 0.480. The number of piperazine rings is 1. The summed E-state index contributed by atoms with van der Waals surface area (Å²) in [5, 5.41) is 11.5. The summed E-state index contributed by atoms with van der Waals surface area (Å²) in [7, 11) is 3.73. The Kier molecular flexibility index (Phi) is 6.14. The van der Waals surface area contributed by atoms with Gasteiger partial charge in [-0.05, 0) is 45.4 Å². The highest BCUT2D eigenvalue weighted by molar-refractivity contribution is 5.88. The maximum atomic E-state index is 11.1. The number of nitrogens with zero attached hydrogens (tertiary/aromatic N) is 5. The van der Waals surface area contributed by atoms with Gasteiger partial charge in [-0.15, -0.1) is 0 Å². The van der Waals surface area contributed by atoms with E-state index in [0.29, 0.717) is 23.4 Å². The number of aromatic nitrogens is 3. The average molecular weight is 465 g/mol. The van der Waals surface area contributed by atoms with Crippen LogP contribution >= 0.6 is 0 Å². The van der Waals surface area contributed by atoms with Crippen molar-refractivity contribution in [2.24, 2.45) is 0 Å². The van der Waals surface area contributed by atoms with Gasteiger partial charge in [-0.1, -0.05) is 6.07 Å². The van der Waals surface area contributed by atoms with E-state index in [2.05, 4.69) is 31.5 Å². The second-order valence-electron chi connectivity index (χ2n) is 9.40. The smallest absolute Gasteiger partial charge is 0.409 e. The van der Waals surface area contributed by atoms with Crippen LogP contribution in [0.25, 0.3) is 16.8 Å². The molecule has 34 heavy (non-hydrogen) atoms. The fourth-order valence-corrected chi connectivity index (χ4v) is 5.48. The van der Waals surface area contributed by atoms with Crippen LogP contribution in [0.15, 0.2) is 30.6 Å². The summed E-state index contributed by atoms with van der Waals surface area (Å²) in [6, 6.07) is 6.05. The monoisotopic (exact) mass is 464 g/mol. The number of anilines is 1. The number of benzene rings is 1. The first kappa shape index (κ1) is 22.6. The third-order valence-electron chi connectivity index (χ3n) is 7.31. The van der Waals surface area contributed by atoms with E-state index in [4.69, 9.17) is 14.8 Å². The van der Waals surface area contributed by atoms with E-state index >= 15 is 0 Å². The zero-order valence-corrected chi connectivity index (χ0v) is 20.0. The van der Waals surface area contributed by atoms with E-state index in [1.807, 2.05) is 31.5 Å². The molecule has 180 valence electrons. The van der Waals surface area contributed by atoms with E-state index in [1.54, 1.807) is 6.07 Å². The zero-order valence-electron chi connectivity index (χ0n) is 20.0. The van der Waals surface area contributed by atoms with Crippen LogP contribution in [-0.4, -0.2) is 81.7 Å². The number of aryl methyl sites for hydroxylation is 1. The molecular formula is C25H32N6O3. The number of carbonyl (C=O) groups is 1. The molecule has 2 fully saturated rings. The molecule has 2 atom stereocenters. The number of fused-ring (bicyclic) bond motifs is 1. The van der Waals surface area contributed by atoms with Crippen molar-refractivity contribution in [3.8, 4) is 17.0 Å². The lowest BCUT2D eigenvalue weighted by Crippen LogP contribution is -2.48. The summed E-state index contributed by atoms with van der Waals surface area (Å²) in [6.45, 7) is 6.56. The molecule has 2 aliphatic rings. The van der Waals surface area contributed by atoms with Crippen LogP contribution in [0.2, 0.25) is 0 Å². The molecule has 1 aliphatic carbocycles. The van der Waals surface area contributed by atoms with Crippen LogP contribution < -0.4 is 10.1 Å². The molecule has 3 heterocycles. The van der Waals surface area contributed by atoms with Crippen molar-refractivity contribution in [1.29, 1.82) is 0 Å². The molecule has 1 aromatic carbocycles. The molecule has 1 amide bonds. The number of hydrogen-bond acceptors (Lipinski definition) is 6. The third kappa shape index (κ3) is 4.21. The molecule has 3 aromatic rings. The molecule has 1 saturated heterocycles. The minimum atomic E-state index is -1.13. The van der Waals surface area contributed by atoms with Gasteiger partial charge in [0.25, 0.3) is 0 Å². The average Bonchev–Trinajstić information content (AvgIpc) is 3.45. The van der Waals surface area contributed by atoms with Crippen molar-refractivity contribution in [3.05, 3.63) is 42.1 Å². The Labute approximate surface area is 199 Å². The quantitative estimate of drug-likeness (QED) is 0.595. The largest absolute Gasteiger partial charge is 0.495 e. The van der Waals surface area contributed by atoms with Gasteiger partial charge in [-0.3, -0.25) is 19.6 Å². The predicted octanol–water partition coefficient (Wildman–Crippen LogP) is 3.69. The number of rotatable bonds is 5. The van der Waals surface area contributed by atoms with Crippen LogP contribution in [0.5, 0.6) is 5.75 Å². The highest BCUT2D eigenvalue weighted by Crippen LogP contribution is 2.40. The van der Waals surface area contributed by atoms with Gasteiger partial charge >= 0.3 is 6.09 Å². The summed E-state index contributed by atoms with van der Waals surface area (Å²) < 4.78 is 7.66. The zero-order chi connectivity index (χ0) is 23.8. The third-order valence-corrected chi connectivity index (χ3v) is 7.31. The number of hydrogen-bond donors (Lipinski definition) is 2. The maximum absolute atomic E-state index is 11.1. The lowest BCUT2D eigenvalue weighted by molar-refractivity contribution is 0.113. The Morgan fingerprint density at radius 1 is 1.21 bits per heavy atom. The summed E-state index contributed by atoms with van der Waals surface area (Å²) in [5.41, 5.74) is 4.03. The lowest BCUT2D eigenvalue weighted by Gasteiger charge is -2.36. The van der Waals surface area contributed by atoms with Crippen molar-refractivity contribution in [2.45, 2.75) is 38.1 Å². The normalized spacial score (nSPS) is 21.7. The number of methoxy groups -OCH3 is 1. The van der Waals surface area contributed by atoms with Gasteiger partial charge in [0.15, 0.2) is 0 Å². The SMILES string of the molecule is COc1cc(-c2nc(C3CCC(N4CCN(C)CC4)C3)n3ccnc(C)c23)ccc1NC(=O)O. The van der Waals surface area contributed by atoms with Gasteiger partial charge in [0.2, 0.25) is 0 Å². The van der Waals surface area contributed by atoms with Crippen LogP contribution in [0.3, 0.4) is 0 Å². The van der Waals surface area contributed by atoms with E-state index in [9.17, 15) is 4.79 Å². The van der Waals surface area contributed by atoms with Crippen molar-refractivity contribution in [2.75, 3.05) is 45.7 Å². The van der Waals surface area contributed by atoms with Crippen molar-refractivity contribution in [3.63, 3.8) is 0 Å². The first-order valence-corrected chi connectivity index (χ1v) is 11.9. The van der Waals surface area contributed by atoms with Crippen LogP contribution in [-0.2, 0) is 0 Å². The van der Waals surface area contributed by atoms with Crippen molar-refractivity contribution >= 4 is 17.3 Å². The Bertz CT molecular complexity index is 1200. The highest BCUT2D eigenvalue weighted by Gasteiger charge is 2.34. The predicted molar refractivity (Wildman–Crippen MR) is 131 cm³/mol. The molecule has 2 aromatic heterocycles. The summed E-state index contributed by atoms with van der Waals surface area (Å²) in [5.74, 6) is 1.93. The van der Waals surface area contributed by atoms with Crippen LogP contribution in [0, 0.1) is 6.92 Å². The lowest BCUT2D eigenvalue weighted by atomic mass is 10.1. The molecule has 0 bridgehead atoms. The summed E-state index contributed by atoms with van der Waals surface area (Å²) in [6.07, 6.45) is 6.17.